The molecule has 2 heterocycles. The Labute approximate surface area is 179 Å². The summed E-state index contributed by atoms with van der Waals surface area (Å²) >= 11 is 1.39. The van der Waals surface area contributed by atoms with Crippen LogP contribution in [0.4, 0.5) is 0 Å². The van der Waals surface area contributed by atoms with Crippen molar-refractivity contribution in [2.75, 3.05) is 7.11 Å². The highest BCUT2D eigenvalue weighted by Gasteiger charge is 2.24. The molecule has 0 aliphatic rings. The van der Waals surface area contributed by atoms with Gasteiger partial charge in [0.15, 0.2) is 0 Å². The van der Waals surface area contributed by atoms with E-state index >= 15 is 0 Å². The van der Waals surface area contributed by atoms with Gasteiger partial charge in [-0.25, -0.2) is 18.4 Å². The molecule has 4 aromatic rings. The van der Waals surface area contributed by atoms with Crippen molar-refractivity contribution >= 4 is 21.2 Å². The molecule has 4 rings (SSSR count). The van der Waals surface area contributed by atoms with Gasteiger partial charge in [0.25, 0.3) is 0 Å². The third-order valence-corrected chi connectivity index (χ3v) is 7.19. The molecule has 0 spiro atoms. The van der Waals surface area contributed by atoms with Crippen LogP contribution in [0.15, 0.2) is 65.4 Å². The molecule has 30 heavy (non-hydrogen) atoms. The summed E-state index contributed by atoms with van der Waals surface area (Å²) in [6.07, 6.45) is 3.19. The molecule has 2 aromatic carbocycles. The van der Waals surface area contributed by atoms with E-state index in [-0.39, 0.29) is 10.9 Å². The van der Waals surface area contributed by atoms with Gasteiger partial charge in [0.05, 0.1) is 24.1 Å². The Kier molecular flexibility index (Phi) is 5.44. The van der Waals surface area contributed by atoms with Crippen LogP contribution in [0.1, 0.15) is 16.8 Å². The SMILES string of the molecule is COc1ccccc1-c1nc(CS(=O)(=O)c2nccn2-c2cc(C)ccc2C)cs1. The third kappa shape index (κ3) is 3.88. The van der Waals surface area contributed by atoms with Gasteiger partial charge in [-0.1, -0.05) is 24.3 Å². The highest BCUT2D eigenvalue weighted by Crippen LogP contribution is 2.32. The fourth-order valence-corrected chi connectivity index (χ4v) is 5.56. The Morgan fingerprint density at radius 2 is 1.93 bits per heavy atom. The summed E-state index contributed by atoms with van der Waals surface area (Å²) in [5.74, 6) is 0.479. The van der Waals surface area contributed by atoms with Gasteiger partial charge in [0.2, 0.25) is 15.0 Å². The number of imidazole rings is 1. The average molecular weight is 440 g/mol. The fraction of sp³-hybridized carbons (Fsp3) is 0.182. The van der Waals surface area contributed by atoms with E-state index in [4.69, 9.17) is 4.74 Å². The second kappa shape index (κ2) is 8.04. The minimum atomic E-state index is -3.70. The van der Waals surface area contributed by atoms with Crippen molar-refractivity contribution in [3.63, 3.8) is 0 Å². The first-order valence-electron chi connectivity index (χ1n) is 9.30. The van der Waals surface area contributed by atoms with Gasteiger partial charge in [0.1, 0.15) is 16.5 Å². The molecule has 0 aliphatic heterocycles. The van der Waals surface area contributed by atoms with Crippen LogP contribution in [0.25, 0.3) is 16.3 Å². The average Bonchev–Trinajstić information content (AvgIpc) is 3.39. The van der Waals surface area contributed by atoms with Gasteiger partial charge >= 0.3 is 0 Å². The molecule has 0 saturated carbocycles. The molecule has 0 amide bonds. The van der Waals surface area contributed by atoms with Crippen LogP contribution < -0.4 is 4.74 Å². The summed E-state index contributed by atoms with van der Waals surface area (Å²) in [6, 6.07) is 13.5. The minimum Gasteiger partial charge on any atom is -0.496 e. The highest BCUT2D eigenvalue weighted by atomic mass is 32.2. The quantitative estimate of drug-likeness (QED) is 0.439. The van der Waals surface area contributed by atoms with Crippen molar-refractivity contribution in [1.82, 2.24) is 14.5 Å². The van der Waals surface area contributed by atoms with Crippen LogP contribution in [-0.4, -0.2) is 30.1 Å². The number of hydrogen-bond donors (Lipinski definition) is 0. The standard InChI is InChI=1S/C22H21N3O3S2/c1-15-8-9-16(2)19(12-15)25-11-10-23-22(25)30(26,27)14-17-13-29-21(24-17)18-6-4-5-7-20(18)28-3/h4-13H,14H2,1-3H3. The van der Waals surface area contributed by atoms with Crippen LogP contribution >= 0.6 is 11.3 Å². The molecule has 2 aromatic heterocycles. The van der Waals surface area contributed by atoms with Crippen LogP contribution in [0.2, 0.25) is 0 Å². The Hall–Kier alpha value is -2.97. The number of aromatic nitrogens is 3. The van der Waals surface area contributed by atoms with E-state index in [1.807, 2.05) is 56.3 Å². The number of rotatable bonds is 6. The van der Waals surface area contributed by atoms with Gasteiger partial charge < -0.3 is 4.74 Å². The van der Waals surface area contributed by atoms with E-state index in [0.29, 0.717) is 11.4 Å². The van der Waals surface area contributed by atoms with Crippen LogP contribution in [-0.2, 0) is 15.6 Å². The van der Waals surface area contributed by atoms with Crippen molar-refractivity contribution < 1.29 is 13.2 Å². The lowest BCUT2D eigenvalue weighted by molar-refractivity contribution is 0.416. The van der Waals surface area contributed by atoms with Crippen molar-refractivity contribution in [2.24, 2.45) is 0 Å². The molecule has 6 nitrogen and oxygen atoms in total. The van der Waals surface area contributed by atoms with E-state index in [0.717, 1.165) is 27.4 Å². The zero-order chi connectivity index (χ0) is 21.3. The maximum Gasteiger partial charge on any atom is 0.232 e. The first kappa shape index (κ1) is 20.3. The van der Waals surface area contributed by atoms with E-state index in [9.17, 15) is 8.42 Å². The lowest BCUT2D eigenvalue weighted by Gasteiger charge is -2.11. The van der Waals surface area contributed by atoms with Crippen molar-refractivity contribution in [2.45, 2.75) is 24.8 Å². The number of thiazole rings is 1. The van der Waals surface area contributed by atoms with Crippen LogP contribution in [0.3, 0.4) is 0 Å². The summed E-state index contributed by atoms with van der Waals surface area (Å²) in [4.78, 5) is 8.69. The number of sulfone groups is 1. The number of ether oxygens (including phenoxy) is 1. The molecule has 8 heteroatoms. The molecule has 154 valence electrons. The number of methoxy groups -OCH3 is 1. The summed E-state index contributed by atoms with van der Waals surface area (Å²) in [6.45, 7) is 3.92. The van der Waals surface area contributed by atoms with Crippen molar-refractivity contribution in [3.05, 3.63) is 77.1 Å². The van der Waals surface area contributed by atoms with Crippen LogP contribution in [0, 0.1) is 13.8 Å². The molecule has 0 unspecified atom stereocenters. The second-order valence-electron chi connectivity index (χ2n) is 6.97. The topological polar surface area (TPSA) is 74.1 Å². The number of hydrogen-bond acceptors (Lipinski definition) is 6. The number of nitrogens with zero attached hydrogens (tertiary/aromatic N) is 3. The monoisotopic (exact) mass is 439 g/mol. The Morgan fingerprint density at radius 3 is 2.73 bits per heavy atom. The first-order valence-corrected chi connectivity index (χ1v) is 11.8. The van der Waals surface area contributed by atoms with Gasteiger partial charge in [-0.3, -0.25) is 4.57 Å². The lowest BCUT2D eigenvalue weighted by atomic mass is 10.1. The fourth-order valence-electron chi connectivity index (χ4n) is 3.26. The Morgan fingerprint density at radius 1 is 1.13 bits per heavy atom. The zero-order valence-electron chi connectivity index (χ0n) is 16.9. The normalized spacial score (nSPS) is 11.6. The van der Waals surface area contributed by atoms with Crippen molar-refractivity contribution in [3.8, 4) is 22.0 Å². The molecular weight excluding hydrogens is 418 g/mol. The Bertz CT molecular complexity index is 1310. The van der Waals surface area contributed by atoms with Crippen molar-refractivity contribution in [1.29, 1.82) is 0 Å². The van der Waals surface area contributed by atoms with Gasteiger partial charge in [-0.2, -0.15) is 0 Å². The lowest BCUT2D eigenvalue weighted by Crippen LogP contribution is -2.13. The maximum atomic E-state index is 13.2. The molecule has 0 aliphatic carbocycles. The first-order chi connectivity index (χ1) is 14.4. The molecule has 0 saturated heterocycles. The molecule has 0 atom stereocenters. The minimum absolute atomic E-state index is 0.0167. The van der Waals surface area contributed by atoms with E-state index in [2.05, 4.69) is 9.97 Å². The van der Waals surface area contributed by atoms with Gasteiger partial charge in [-0.15, -0.1) is 11.3 Å². The summed E-state index contributed by atoms with van der Waals surface area (Å²) < 4.78 is 33.4. The van der Waals surface area contributed by atoms with Gasteiger partial charge in [-0.05, 0) is 43.2 Å². The third-order valence-electron chi connectivity index (χ3n) is 4.74. The second-order valence-corrected chi connectivity index (χ2v) is 9.71. The molecule has 0 N–H and O–H groups in total. The smallest absolute Gasteiger partial charge is 0.232 e. The summed E-state index contributed by atoms with van der Waals surface area (Å²) in [5, 5.41) is 2.50. The molecule has 0 radical (unpaired) electrons. The maximum absolute atomic E-state index is 13.2. The summed E-state index contributed by atoms with van der Waals surface area (Å²) in [7, 11) is -2.10. The van der Waals surface area contributed by atoms with Crippen LogP contribution in [0.5, 0.6) is 5.75 Å². The van der Waals surface area contributed by atoms with Gasteiger partial charge in [0, 0.05) is 17.8 Å². The highest BCUT2D eigenvalue weighted by molar-refractivity contribution is 7.90. The van der Waals surface area contributed by atoms with E-state index in [1.54, 1.807) is 23.3 Å². The largest absolute Gasteiger partial charge is 0.496 e. The number of para-hydroxylation sites is 1. The number of aryl methyl sites for hydroxylation is 2. The zero-order valence-corrected chi connectivity index (χ0v) is 18.5. The predicted molar refractivity (Wildman–Crippen MR) is 118 cm³/mol. The summed E-state index contributed by atoms with van der Waals surface area (Å²) in [5.41, 5.74) is 4.15. The number of benzene rings is 2. The van der Waals surface area contributed by atoms with E-state index in [1.165, 1.54) is 17.5 Å². The van der Waals surface area contributed by atoms with E-state index < -0.39 is 9.84 Å². The Balaban J connectivity index is 1.67. The molecule has 0 bridgehead atoms. The predicted octanol–water partition coefficient (Wildman–Crippen LogP) is 4.60. The molecule has 0 fully saturated rings. The molecular formula is C22H21N3O3S2.